The zero-order valence-corrected chi connectivity index (χ0v) is 18.7. The minimum atomic E-state index is -4.51. The summed E-state index contributed by atoms with van der Waals surface area (Å²) in [5.74, 6) is -3.87. The quantitative estimate of drug-likeness (QED) is 0.332. The van der Waals surface area contributed by atoms with Gasteiger partial charge >= 0.3 is 0 Å². The maximum absolute atomic E-state index is 14.2. The number of thiocarbonyl (C=S) groups is 1. The Balaban J connectivity index is 1.77. The molecule has 3 aromatic rings. The Labute approximate surface area is 196 Å². The molecule has 2 amide bonds. The molecule has 0 saturated carbocycles. The van der Waals surface area contributed by atoms with Crippen LogP contribution in [0, 0.1) is 11.6 Å². The zero-order valence-electron chi connectivity index (χ0n) is 16.3. The van der Waals surface area contributed by atoms with E-state index in [4.69, 9.17) is 23.8 Å². The molecular formula is C21H12ClF2N3O4S2. The number of amides is 2. The van der Waals surface area contributed by atoms with Gasteiger partial charge in [-0.25, -0.2) is 21.2 Å². The summed E-state index contributed by atoms with van der Waals surface area (Å²) in [6.45, 7) is 0. The van der Waals surface area contributed by atoms with Gasteiger partial charge in [-0.15, -0.1) is 0 Å². The average molecular weight is 508 g/mol. The maximum Gasteiger partial charge on any atom is 0.271 e. The van der Waals surface area contributed by atoms with Crippen LogP contribution in [0.4, 0.5) is 14.5 Å². The molecule has 0 bridgehead atoms. The van der Waals surface area contributed by atoms with Crippen molar-refractivity contribution in [3.63, 3.8) is 0 Å². The van der Waals surface area contributed by atoms with Gasteiger partial charge in [0.1, 0.15) is 22.1 Å². The zero-order chi connectivity index (χ0) is 23.9. The highest BCUT2D eigenvalue weighted by molar-refractivity contribution is 7.90. The van der Waals surface area contributed by atoms with Crippen molar-refractivity contribution in [2.75, 3.05) is 4.90 Å². The Hall–Kier alpha value is -3.41. The minimum absolute atomic E-state index is 0.110. The molecule has 0 unspecified atom stereocenters. The Bertz CT molecular complexity index is 1450. The van der Waals surface area contributed by atoms with Crippen LogP contribution < -0.4 is 10.2 Å². The third-order valence-electron chi connectivity index (χ3n) is 4.65. The molecule has 0 atom stereocenters. The highest BCUT2D eigenvalue weighted by Crippen LogP contribution is 2.25. The first-order chi connectivity index (χ1) is 15.6. The van der Waals surface area contributed by atoms with Crippen LogP contribution in [-0.2, 0) is 19.6 Å². The van der Waals surface area contributed by atoms with E-state index in [9.17, 15) is 26.8 Å². The number of rotatable bonds is 4. The fourth-order valence-electron chi connectivity index (χ4n) is 3.13. The van der Waals surface area contributed by atoms with E-state index in [-0.39, 0.29) is 10.8 Å². The molecule has 0 radical (unpaired) electrons. The smallest absolute Gasteiger partial charge is 0.271 e. The molecule has 168 valence electrons. The van der Waals surface area contributed by atoms with Gasteiger partial charge in [-0.2, -0.15) is 0 Å². The average Bonchev–Trinajstić information content (AvgIpc) is 3.21. The van der Waals surface area contributed by atoms with Crippen LogP contribution in [0.2, 0.25) is 5.02 Å². The molecule has 1 aliphatic heterocycles. The first kappa shape index (κ1) is 22.8. The topological polar surface area (TPSA) is 88.5 Å². The highest BCUT2D eigenvalue weighted by Gasteiger charge is 2.35. The molecule has 7 nitrogen and oxygen atoms in total. The van der Waals surface area contributed by atoms with Gasteiger partial charge in [0.05, 0.1) is 11.4 Å². The molecule has 33 heavy (non-hydrogen) atoms. The van der Waals surface area contributed by atoms with E-state index >= 15 is 0 Å². The molecule has 1 fully saturated rings. The molecular weight excluding hydrogens is 496 g/mol. The molecule has 12 heteroatoms. The van der Waals surface area contributed by atoms with E-state index in [1.165, 1.54) is 36.4 Å². The van der Waals surface area contributed by atoms with Crippen LogP contribution in [-0.4, -0.2) is 29.3 Å². The lowest BCUT2D eigenvalue weighted by atomic mass is 10.1. The number of benzene rings is 2. The number of nitrogens with one attached hydrogen (secondary N) is 1. The number of carbonyl (C=O) groups excluding carboxylic acids is 2. The van der Waals surface area contributed by atoms with E-state index in [0.29, 0.717) is 20.7 Å². The molecule has 1 N–H and O–H groups in total. The molecule has 1 aromatic heterocycles. The van der Waals surface area contributed by atoms with Crippen LogP contribution >= 0.6 is 23.8 Å². The van der Waals surface area contributed by atoms with Crippen molar-refractivity contribution in [1.29, 1.82) is 0 Å². The summed E-state index contributed by atoms with van der Waals surface area (Å²) in [6.07, 6.45) is 2.15. The lowest BCUT2D eigenvalue weighted by Crippen LogP contribution is -2.54. The molecule has 4 rings (SSSR count). The lowest BCUT2D eigenvalue weighted by Gasteiger charge is -2.29. The van der Waals surface area contributed by atoms with Gasteiger partial charge in [0.2, 0.25) is 0 Å². The Kier molecular flexibility index (Phi) is 5.87. The number of aromatic nitrogens is 1. The standard InChI is InChI=1S/C21H12ClF2N3O4S2/c22-12-3-6-14(7-4-12)27-20(29)16(19(28)25-21(27)32)11-15-2-1-9-26(15)33(30,31)18-8-5-13(23)10-17(18)24/h1-11H,(H,25,28,32)/b16-11+. The second kappa shape index (κ2) is 8.50. The van der Waals surface area contributed by atoms with E-state index < -0.39 is 43.9 Å². The second-order valence-corrected chi connectivity index (χ2v) is 9.35. The molecule has 2 aromatic carbocycles. The van der Waals surface area contributed by atoms with Gasteiger partial charge < -0.3 is 0 Å². The minimum Gasteiger partial charge on any atom is -0.298 e. The summed E-state index contributed by atoms with van der Waals surface area (Å²) in [7, 11) is -4.51. The predicted octanol–water partition coefficient (Wildman–Crippen LogP) is 3.49. The second-order valence-electron chi connectivity index (χ2n) is 6.74. The Morgan fingerprint density at radius 2 is 1.73 bits per heavy atom. The first-order valence-corrected chi connectivity index (χ1v) is 11.4. The van der Waals surface area contributed by atoms with Gasteiger partial charge in [0, 0.05) is 17.3 Å². The largest absolute Gasteiger partial charge is 0.298 e. The van der Waals surface area contributed by atoms with Crippen LogP contribution in [0.3, 0.4) is 0 Å². The van der Waals surface area contributed by atoms with Crippen molar-refractivity contribution in [3.05, 3.63) is 88.7 Å². The molecule has 0 spiro atoms. The Morgan fingerprint density at radius 1 is 1.03 bits per heavy atom. The highest BCUT2D eigenvalue weighted by atomic mass is 35.5. The van der Waals surface area contributed by atoms with Crippen LogP contribution in [0.5, 0.6) is 0 Å². The lowest BCUT2D eigenvalue weighted by molar-refractivity contribution is -0.122. The number of hydrogen-bond acceptors (Lipinski definition) is 5. The fourth-order valence-corrected chi connectivity index (χ4v) is 4.92. The number of carbonyl (C=O) groups is 2. The predicted molar refractivity (Wildman–Crippen MR) is 121 cm³/mol. The van der Waals surface area contributed by atoms with Crippen molar-refractivity contribution in [2.45, 2.75) is 4.90 Å². The van der Waals surface area contributed by atoms with Gasteiger partial charge in [-0.3, -0.25) is 19.8 Å². The summed E-state index contributed by atoms with van der Waals surface area (Å²) in [5, 5.41) is 2.63. The first-order valence-electron chi connectivity index (χ1n) is 9.14. The van der Waals surface area contributed by atoms with Crippen LogP contribution in [0.1, 0.15) is 5.69 Å². The van der Waals surface area contributed by atoms with Crippen LogP contribution in [0.15, 0.2) is 71.3 Å². The molecule has 0 aliphatic carbocycles. The monoisotopic (exact) mass is 507 g/mol. The summed E-state index contributed by atoms with van der Waals surface area (Å²) >= 11 is 11.0. The summed E-state index contributed by atoms with van der Waals surface area (Å²) in [5.41, 5.74) is -0.189. The van der Waals surface area contributed by atoms with E-state index in [1.54, 1.807) is 0 Å². The molecule has 1 aliphatic rings. The van der Waals surface area contributed by atoms with Crippen LogP contribution in [0.25, 0.3) is 6.08 Å². The number of nitrogens with zero attached hydrogens (tertiary/aromatic N) is 2. The number of hydrogen-bond donors (Lipinski definition) is 1. The summed E-state index contributed by atoms with van der Waals surface area (Å²) < 4.78 is 54.0. The summed E-state index contributed by atoms with van der Waals surface area (Å²) in [4.78, 5) is 25.9. The SMILES string of the molecule is O=C1NC(=S)N(c2ccc(Cl)cc2)C(=O)/C1=C/c1cccn1S(=O)(=O)c1ccc(F)cc1F. The summed E-state index contributed by atoms with van der Waals surface area (Å²) in [6, 6.07) is 10.8. The van der Waals surface area contributed by atoms with Gasteiger partial charge in [0.25, 0.3) is 21.8 Å². The Morgan fingerprint density at radius 3 is 2.39 bits per heavy atom. The molecule has 2 heterocycles. The van der Waals surface area contributed by atoms with E-state index in [0.717, 1.165) is 29.3 Å². The van der Waals surface area contributed by atoms with E-state index in [1.807, 2.05) is 0 Å². The van der Waals surface area contributed by atoms with Crippen molar-refractivity contribution >= 4 is 62.5 Å². The molecule has 1 saturated heterocycles. The number of anilines is 1. The normalized spacial score (nSPS) is 15.8. The third-order valence-corrected chi connectivity index (χ3v) is 6.93. The third kappa shape index (κ3) is 4.17. The fraction of sp³-hybridized carbons (Fsp3) is 0. The van der Waals surface area contributed by atoms with Crippen molar-refractivity contribution < 1.29 is 26.8 Å². The van der Waals surface area contributed by atoms with E-state index in [2.05, 4.69) is 5.32 Å². The van der Waals surface area contributed by atoms with Crippen molar-refractivity contribution in [3.8, 4) is 0 Å². The number of halogens is 3. The van der Waals surface area contributed by atoms with Gasteiger partial charge in [0.15, 0.2) is 5.11 Å². The van der Waals surface area contributed by atoms with Crippen molar-refractivity contribution in [1.82, 2.24) is 9.29 Å². The maximum atomic E-state index is 14.2. The van der Waals surface area contributed by atoms with Crippen molar-refractivity contribution in [2.24, 2.45) is 0 Å². The van der Waals surface area contributed by atoms with Gasteiger partial charge in [-0.05, 0) is 66.8 Å². The van der Waals surface area contributed by atoms with Gasteiger partial charge in [-0.1, -0.05) is 11.6 Å².